The normalized spacial score (nSPS) is 16.3. The van der Waals surface area contributed by atoms with Gasteiger partial charge in [-0.1, -0.05) is 65.0 Å². The van der Waals surface area contributed by atoms with Crippen LogP contribution >= 0.6 is 34.7 Å². The number of halogens is 1. The number of aromatic nitrogens is 4. The number of carbonyl (C=O) groups excluding carboxylic acids is 2. The van der Waals surface area contributed by atoms with Crippen LogP contribution in [-0.2, 0) is 15.3 Å². The molecule has 0 saturated carbocycles. The number of ether oxygens (including phenoxy) is 1. The van der Waals surface area contributed by atoms with Crippen LogP contribution in [0.3, 0.4) is 0 Å². The monoisotopic (exact) mass is 633 g/mol. The van der Waals surface area contributed by atoms with E-state index in [-0.39, 0.29) is 40.3 Å². The van der Waals surface area contributed by atoms with Crippen molar-refractivity contribution in [1.29, 1.82) is 0 Å². The molecule has 1 saturated heterocycles. The second-order valence-electron chi connectivity index (χ2n) is 9.53. The van der Waals surface area contributed by atoms with E-state index in [1.807, 2.05) is 30.3 Å². The van der Waals surface area contributed by atoms with Crippen LogP contribution in [0.2, 0.25) is 5.02 Å². The van der Waals surface area contributed by atoms with Gasteiger partial charge in [-0.05, 0) is 55.3 Å². The number of aliphatic hydroxyl groups excluding tert-OH is 1. The molecule has 3 aromatic heterocycles. The number of Topliss-reactive ketones (excluding diaryl/α,β-unsaturated/α-hetero) is 1. The van der Waals surface area contributed by atoms with E-state index < -0.39 is 17.7 Å². The van der Waals surface area contributed by atoms with Crippen LogP contribution in [0.25, 0.3) is 11.4 Å². The van der Waals surface area contributed by atoms with Crippen LogP contribution in [0, 0.1) is 6.92 Å². The quantitative estimate of drug-likeness (QED) is 0.0677. The van der Waals surface area contributed by atoms with E-state index in [4.69, 9.17) is 16.3 Å². The number of hydrogen-bond donors (Lipinski definition) is 2. The van der Waals surface area contributed by atoms with Crippen molar-refractivity contribution in [2.24, 2.45) is 0 Å². The minimum atomic E-state index is -1.09. The molecule has 0 aliphatic carbocycles. The Kier molecular flexibility index (Phi) is 7.82. The van der Waals surface area contributed by atoms with Crippen LogP contribution < -0.4 is 9.64 Å². The number of aromatic hydroxyl groups is 1. The Morgan fingerprint density at radius 2 is 1.91 bits per heavy atom. The number of phenolic OH excluding ortho intramolecular Hbond substituents is 1. The highest BCUT2D eigenvalue weighted by Gasteiger charge is 2.49. The molecule has 0 spiro atoms. The zero-order valence-electron chi connectivity index (χ0n) is 22.9. The van der Waals surface area contributed by atoms with E-state index in [1.165, 1.54) is 22.7 Å². The molecule has 10 nitrogen and oxygen atoms in total. The molecule has 1 amide bonds. The molecule has 6 rings (SSSR count). The van der Waals surface area contributed by atoms with Gasteiger partial charge in [0.2, 0.25) is 5.13 Å². The molecule has 1 aliphatic rings. The number of fused-ring (bicyclic) bond motifs is 1. The average molecular weight is 634 g/mol. The first-order valence-electron chi connectivity index (χ1n) is 13.2. The number of nitrogens with zero attached hydrogens (tertiary/aromatic N) is 5. The Morgan fingerprint density at radius 3 is 2.70 bits per heavy atom. The van der Waals surface area contributed by atoms with Gasteiger partial charge in [-0.3, -0.25) is 18.9 Å². The first kappa shape index (κ1) is 28.7. The first-order chi connectivity index (χ1) is 20.8. The van der Waals surface area contributed by atoms with Gasteiger partial charge in [0.1, 0.15) is 11.3 Å². The number of hydrogen-bond acceptors (Lipinski definition) is 10. The van der Waals surface area contributed by atoms with Crippen LogP contribution in [0.1, 0.15) is 35.5 Å². The number of aryl methyl sites for hydroxylation is 1. The van der Waals surface area contributed by atoms with Gasteiger partial charge in [-0.15, -0.1) is 10.2 Å². The number of benzene rings is 2. The Balaban J connectivity index is 1.47. The zero-order valence-corrected chi connectivity index (χ0v) is 25.3. The number of amides is 1. The number of aliphatic hydroxyl groups is 1. The van der Waals surface area contributed by atoms with Crippen LogP contribution in [0.4, 0.5) is 5.13 Å². The number of pyridine rings is 1. The van der Waals surface area contributed by atoms with Crippen molar-refractivity contribution in [3.63, 3.8) is 0 Å². The fourth-order valence-corrected chi connectivity index (χ4v) is 7.11. The van der Waals surface area contributed by atoms with Crippen LogP contribution in [0.5, 0.6) is 11.5 Å². The third kappa shape index (κ3) is 5.22. The number of imidazole rings is 1. The molecule has 1 atom stereocenters. The average Bonchev–Trinajstić information content (AvgIpc) is 3.67. The van der Waals surface area contributed by atoms with E-state index in [0.717, 1.165) is 16.9 Å². The molecule has 43 heavy (non-hydrogen) atoms. The molecule has 0 bridgehead atoms. The fourth-order valence-electron chi connectivity index (χ4n) is 4.96. The lowest BCUT2D eigenvalue weighted by atomic mass is 9.96. The summed E-state index contributed by atoms with van der Waals surface area (Å²) in [6.07, 6.45) is 1.72. The summed E-state index contributed by atoms with van der Waals surface area (Å²) < 4.78 is 7.82. The SMILES string of the molecule is CCOc1cc(C2/C(=C(\O)c3c(C)nc4ccccn34)C(=O)C(=O)N2c2nnc(SCc3ccccc3Cl)s2)ccc1O. The Hall–Kier alpha value is -4.39. The molecule has 0 radical (unpaired) electrons. The minimum absolute atomic E-state index is 0.102. The molecular formula is C30H24ClN5O5S2. The lowest BCUT2D eigenvalue weighted by Crippen LogP contribution is -2.29. The predicted molar refractivity (Wildman–Crippen MR) is 165 cm³/mol. The summed E-state index contributed by atoms with van der Waals surface area (Å²) >= 11 is 8.84. The van der Waals surface area contributed by atoms with Crippen molar-refractivity contribution >= 4 is 62.9 Å². The van der Waals surface area contributed by atoms with Gasteiger partial charge in [-0.25, -0.2) is 4.98 Å². The number of phenols is 1. The third-order valence-electron chi connectivity index (χ3n) is 6.88. The fraction of sp³-hybridized carbons (Fsp3) is 0.167. The number of rotatable bonds is 8. The van der Waals surface area contributed by atoms with Gasteiger partial charge in [0, 0.05) is 17.0 Å². The van der Waals surface area contributed by atoms with Gasteiger partial charge < -0.3 is 14.9 Å². The van der Waals surface area contributed by atoms with Gasteiger partial charge >= 0.3 is 5.91 Å². The van der Waals surface area contributed by atoms with Gasteiger partial charge in [0.25, 0.3) is 5.78 Å². The third-order valence-corrected chi connectivity index (χ3v) is 9.36. The minimum Gasteiger partial charge on any atom is -0.505 e. The number of ketones is 1. The number of carbonyl (C=O) groups is 2. The maximum atomic E-state index is 13.7. The topological polar surface area (TPSA) is 130 Å². The van der Waals surface area contributed by atoms with E-state index in [9.17, 15) is 19.8 Å². The van der Waals surface area contributed by atoms with Crippen LogP contribution in [-0.4, -0.2) is 48.1 Å². The Bertz CT molecular complexity index is 1920. The van der Waals surface area contributed by atoms with Crippen LogP contribution in [0.15, 0.2) is 76.8 Å². The van der Waals surface area contributed by atoms with Crippen molar-refractivity contribution in [2.75, 3.05) is 11.5 Å². The summed E-state index contributed by atoms with van der Waals surface area (Å²) in [7, 11) is 0. The molecule has 218 valence electrons. The molecule has 1 unspecified atom stereocenters. The van der Waals surface area contributed by atoms with Gasteiger partial charge in [0.05, 0.1) is 23.9 Å². The summed E-state index contributed by atoms with van der Waals surface area (Å²) in [5, 5.41) is 31.4. The maximum absolute atomic E-state index is 13.7. The van der Waals surface area contributed by atoms with E-state index in [0.29, 0.717) is 32.0 Å². The van der Waals surface area contributed by atoms with Gasteiger partial charge in [0.15, 0.2) is 21.6 Å². The lowest BCUT2D eigenvalue weighted by Gasteiger charge is -2.23. The maximum Gasteiger partial charge on any atom is 0.301 e. The predicted octanol–water partition coefficient (Wildman–Crippen LogP) is 6.17. The summed E-state index contributed by atoms with van der Waals surface area (Å²) in [6.45, 7) is 3.77. The Labute approximate surface area is 259 Å². The molecule has 5 aromatic rings. The molecule has 4 heterocycles. The largest absolute Gasteiger partial charge is 0.505 e. The summed E-state index contributed by atoms with van der Waals surface area (Å²) in [4.78, 5) is 33.1. The lowest BCUT2D eigenvalue weighted by molar-refractivity contribution is -0.132. The van der Waals surface area contributed by atoms with E-state index >= 15 is 0 Å². The van der Waals surface area contributed by atoms with Crippen molar-refractivity contribution in [1.82, 2.24) is 19.6 Å². The summed E-state index contributed by atoms with van der Waals surface area (Å²) in [5.41, 5.74) is 2.53. The first-order valence-corrected chi connectivity index (χ1v) is 15.4. The number of anilines is 1. The van der Waals surface area contributed by atoms with Crippen molar-refractivity contribution in [3.8, 4) is 11.5 Å². The standard InChI is InChI=1S/C30H24ClN5O5S2/c1-3-41-21-14-17(11-12-20(21)37)25-23(26(38)24-16(2)32-22-10-6-7-13-35(22)24)27(39)28(40)36(25)29-33-34-30(43-29)42-15-18-8-4-5-9-19(18)31/h4-14,25,37-38H,3,15H2,1-2H3/b26-23+. The smallest absolute Gasteiger partial charge is 0.301 e. The highest BCUT2D eigenvalue weighted by molar-refractivity contribution is 8.00. The Morgan fingerprint density at radius 1 is 1.12 bits per heavy atom. The van der Waals surface area contributed by atoms with E-state index in [1.54, 1.807) is 48.7 Å². The summed E-state index contributed by atoms with van der Waals surface area (Å²) in [6, 6.07) is 16.3. The second kappa shape index (κ2) is 11.7. The highest BCUT2D eigenvalue weighted by atomic mass is 35.5. The van der Waals surface area contributed by atoms with E-state index in [2.05, 4.69) is 15.2 Å². The number of thioether (sulfide) groups is 1. The molecular weight excluding hydrogens is 610 g/mol. The van der Waals surface area contributed by atoms with Gasteiger partial charge in [-0.2, -0.15) is 0 Å². The molecule has 13 heteroatoms. The zero-order chi connectivity index (χ0) is 30.2. The van der Waals surface area contributed by atoms with Crippen molar-refractivity contribution in [2.45, 2.75) is 30.0 Å². The highest BCUT2D eigenvalue weighted by Crippen LogP contribution is 2.46. The molecule has 1 fully saturated rings. The summed E-state index contributed by atoms with van der Waals surface area (Å²) in [5.74, 6) is -1.55. The van der Waals surface area contributed by atoms with Crippen molar-refractivity contribution < 1.29 is 24.5 Å². The second-order valence-corrected chi connectivity index (χ2v) is 12.1. The molecule has 1 aliphatic heterocycles. The molecule has 2 N–H and O–H groups in total. The molecule has 2 aromatic carbocycles. The van der Waals surface area contributed by atoms with Crippen molar-refractivity contribution in [3.05, 3.63) is 100.0 Å².